The van der Waals surface area contributed by atoms with Crippen LogP contribution in [0.4, 0.5) is 0 Å². The quantitative estimate of drug-likeness (QED) is 0.328. The van der Waals surface area contributed by atoms with Gasteiger partial charge in [-0.05, 0) is 36.1 Å². The molecule has 0 heterocycles. The van der Waals surface area contributed by atoms with Gasteiger partial charge in [0.25, 0.3) is 0 Å². The molecule has 0 N–H and O–H groups in total. The molecule has 3 heteroatoms. The molecule has 218 valence electrons. The van der Waals surface area contributed by atoms with Crippen LogP contribution < -0.4 is 24.8 Å². The van der Waals surface area contributed by atoms with E-state index in [1.807, 2.05) is 0 Å². The SMILES string of the molecule is CC1=CC(C)(C)c2cc3[cH-]c4cc5c(cc4c3cc21)C(C)=CC5(C)C.CC1=[C-]C(C)C=C1C(C)C.C[C](C)=[Zr+2].[Cl-].[Cl-]. The second kappa shape index (κ2) is 13.1. The summed E-state index contributed by atoms with van der Waals surface area (Å²) in [5.41, 5.74) is 11.7. The van der Waals surface area contributed by atoms with Crippen molar-refractivity contribution in [3.05, 3.63) is 88.0 Å². The van der Waals surface area contributed by atoms with Crippen LogP contribution in [0, 0.1) is 17.9 Å². The average Bonchev–Trinajstić information content (AvgIpc) is 3.46. The van der Waals surface area contributed by atoms with E-state index in [1.54, 1.807) is 24.2 Å². The summed E-state index contributed by atoms with van der Waals surface area (Å²) in [4.78, 5) is 0. The number of benzene rings is 2. The minimum Gasteiger partial charge on any atom is -1.00 e. The van der Waals surface area contributed by atoms with Crippen LogP contribution in [0.5, 0.6) is 0 Å². The number of fused-ring (bicyclic) bond motifs is 5. The third-order valence-corrected chi connectivity index (χ3v) is 8.30. The van der Waals surface area contributed by atoms with Gasteiger partial charge in [0.15, 0.2) is 0 Å². The van der Waals surface area contributed by atoms with Gasteiger partial charge in [-0.2, -0.15) is 11.6 Å². The molecule has 1 atom stereocenters. The molecule has 3 aliphatic rings. The Morgan fingerprint density at radius 2 is 1.20 bits per heavy atom. The van der Waals surface area contributed by atoms with Gasteiger partial charge in [0, 0.05) is 10.8 Å². The molecule has 0 saturated carbocycles. The van der Waals surface area contributed by atoms with E-state index in [0.29, 0.717) is 11.8 Å². The Kier molecular flexibility index (Phi) is 11.4. The minimum absolute atomic E-state index is 0. The molecular weight excluding hydrogens is 619 g/mol. The fourth-order valence-corrected chi connectivity index (χ4v) is 6.70. The predicted molar refractivity (Wildman–Crippen MR) is 171 cm³/mol. The molecule has 0 nitrogen and oxygen atoms in total. The van der Waals surface area contributed by atoms with Crippen LogP contribution in [0.25, 0.3) is 32.7 Å². The minimum atomic E-state index is 0. The smallest absolute Gasteiger partial charge is 1.00 e. The summed E-state index contributed by atoms with van der Waals surface area (Å²) >= 11 is 1.55. The van der Waals surface area contributed by atoms with Crippen LogP contribution in [0.3, 0.4) is 0 Å². The molecule has 3 aliphatic carbocycles. The number of halogens is 2. The van der Waals surface area contributed by atoms with Gasteiger partial charge in [0.1, 0.15) is 0 Å². The van der Waals surface area contributed by atoms with E-state index in [2.05, 4.69) is 138 Å². The van der Waals surface area contributed by atoms with E-state index in [4.69, 9.17) is 0 Å². The number of hydrogen-bond acceptors (Lipinski definition) is 0. The van der Waals surface area contributed by atoms with Gasteiger partial charge in [-0.15, -0.1) is 39.7 Å². The van der Waals surface area contributed by atoms with Crippen LogP contribution in [-0.4, -0.2) is 3.21 Å². The first-order valence-corrected chi connectivity index (χ1v) is 15.7. The monoisotopic (exact) mass is 662 g/mol. The fourth-order valence-electron chi connectivity index (χ4n) is 6.70. The van der Waals surface area contributed by atoms with Gasteiger partial charge in [-0.25, -0.2) is 5.57 Å². The van der Waals surface area contributed by atoms with Crippen LogP contribution >= 0.6 is 0 Å². The van der Waals surface area contributed by atoms with Crippen molar-refractivity contribution in [2.45, 2.75) is 93.9 Å². The maximum atomic E-state index is 3.37. The van der Waals surface area contributed by atoms with Crippen molar-refractivity contribution in [3.8, 4) is 0 Å². The molecule has 3 aromatic carbocycles. The van der Waals surface area contributed by atoms with Crippen molar-refractivity contribution < 1.29 is 49.0 Å². The number of rotatable bonds is 1. The first kappa shape index (κ1) is 35.8. The molecule has 1 unspecified atom stereocenters. The molecule has 6 rings (SSSR count). The van der Waals surface area contributed by atoms with Gasteiger partial charge < -0.3 is 24.8 Å². The van der Waals surface area contributed by atoms with Crippen LogP contribution in [-0.2, 0) is 35.1 Å². The standard InChI is InChI=1S/C25H25.C10H15.C3H6.2ClH.Zr/c1-14-12-24(3,4)22-8-16-7-17-9-23-19(15(2)13-25(23,5)6)11-21(17)20(16)10-18(14)22;1-7(2)10-6-8(3)5-9(10)4;1-3-2;;;/h7-13H,1-6H3;6-8H,1-4H3;1-2H3;2*1H;/q2*-1;;;;+2/p-2. The Hall–Kier alpha value is -1.40. The molecule has 0 aliphatic heterocycles. The average molecular weight is 665 g/mol. The Morgan fingerprint density at radius 1 is 0.805 bits per heavy atom. The molecule has 0 aromatic heterocycles. The largest absolute Gasteiger partial charge is 1.00 e. The first-order valence-electron chi connectivity index (χ1n) is 14.5. The summed E-state index contributed by atoms with van der Waals surface area (Å²) in [6.07, 6.45) is 10.5. The van der Waals surface area contributed by atoms with Crippen molar-refractivity contribution in [2.75, 3.05) is 0 Å². The molecule has 0 amide bonds. The van der Waals surface area contributed by atoms with Crippen molar-refractivity contribution in [3.63, 3.8) is 0 Å². The molecular formula is C38H46Cl2Zr-2. The van der Waals surface area contributed by atoms with Gasteiger partial charge in [-0.3, -0.25) is 6.08 Å². The van der Waals surface area contributed by atoms with Crippen molar-refractivity contribution in [2.24, 2.45) is 11.8 Å². The molecule has 0 radical (unpaired) electrons. The van der Waals surface area contributed by atoms with E-state index < -0.39 is 0 Å². The maximum Gasteiger partial charge on any atom is -1.00 e. The van der Waals surface area contributed by atoms with Crippen molar-refractivity contribution in [1.82, 2.24) is 0 Å². The Balaban J connectivity index is 0.000000310. The summed E-state index contributed by atoms with van der Waals surface area (Å²) in [7, 11) is 0. The second-order valence-corrected chi connectivity index (χ2v) is 16.0. The zero-order valence-corrected chi connectivity index (χ0v) is 31.0. The van der Waals surface area contributed by atoms with Crippen molar-refractivity contribution in [1.29, 1.82) is 0 Å². The van der Waals surface area contributed by atoms with Gasteiger partial charge >= 0.3 is 41.3 Å². The van der Waals surface area contributed by atoms with Crippen molar-refractivity contribution >= 4 is 35.9 Å². The maximum absolute atomic E-state index is 3.37. The summed E-state index contributed by atoms with van der Waals surface area (Å²) in [6.45, 7) is 26.8. The van der Waals surface area contributed by atoms with Crippen LogP contribution in [0.1, 0.15) is 105 Å². The molecule has 0 saturated heterocycles. The van der Waals surface area contributed by atoms with Gasteiger partial charge in [0.2, 0.25) is 0 Å². The predicted octanol–water partition coefficient (Wildman–Crippen LogP) is 4.82. The Bertz CT molecular complexity index is 1500. The molecule has 41 heavy (non-hydrogen) atoms. The van der Waals surface area contributed by atoms with Gasteiger partial charge in [0.05, 0.1) is 0 Å². The summed E-state index contributed by atoms with van der Waals surface area (Å²) in [5, 5.41) is 5.57. The Labute approximate surface area is 277 Å². The zero-order chi connectivity index (χ0) is 29.0. The third-order valence-electron chi connectivity index (χ3n) is 8.30. The fraction of sp³-hybridized carbons (Fsp3) is 0.421. The van der Waals surface area contributed by atoms with Crippen LogP contribution in [0.2, 0.25) is 0 Å². The second-order valence-electron chi connectivity index (χ2n) is 13.5. The molecule has 0 spiro atoms. The van der Waals surface area contributed by atoms with E-state index in [-0.39, 0.29) is 35.6 Å². The van der Waals surface area contributed by atoms with E-state index >= 15 is 0 Å². The third kappa shape index (κ3) is 7.23. The van der Waals surface area contributed by atoms with E-state index in [9.17, 15) is 0 Å². The summed E-state index contributed by atoms with van der Waals surface area (Å²) < 4.78 is 1.51. The topological polar surface area (TPSA) is 0 Å². The van der Waals surface area contributed by atoms with E-state index in [1.165, 1.54) is 69.3 Å². The van der Waals surface area contributed by atoms with E-state index in [0.717, 1.165) is 0 Å². The zero-order valence-electron chi connectivity index (χ0n) is 27.0. The number of allylic oxidation sites excluding steroid dienone is 8. The molecule has 3 aromatic rings. The molecule has 0 bridgehead atoms. The first-order chi connectivity index (χ1) is 18.0. The summed E-state index contributed by atoms with van der Waals surface area (Å²) in [5.74, 6) is 1.20. The Morgan fingerprint density at radius 3 is 1.49 bits per heavy atom. The van der Waals surface area contributed by atoms with Crippen LogP contribution in [0.15, 0.2) is 59.7 Å². The number of hydrogen-bond donors (Lipinski definition) is 0. The van der Waals surface area contributed by atoms with Gasteiger partial charge in [-0.1, -0.05) is 103 Å². The molecule has 0 fully saturated rings. The summed E-state index contributed by atoms with van der Waals surface area (Å²) in [6, 6.07) is 12.1. The normalized spacial score (nSPS) is 19.0.